The standard InChI is InChI=1S/C16H15ClN2O3S/c1-3-12-14(15(21)22-2)23-16(18-12)19-13(20)8-7-10-5-4-6-11(17)9-10/h4-9H,3H2,1-2H3,(H,18,19,20). The van der Waals surface area contributed by atoms with Crippen LogP contribution in [0.4, 0.5) is 5.13 Å². The number of carbonyl (C=O) groups is 2. The number of benzene rings is 1. The Kier molecular flexibility index (Phi) is 5.90. The van der Waals surface area contributed by atoms with E-state index in [1.165, 1.54) is 13.2 Å². The molecule has 0 spiro atoms. The summed E-state index contributed by atoms with van der Waals surface area (Å²) >= 11 is 6.98. The van der Waals surface area contributed by atoms with Gasteiger partial charge in [0.25, 0.3) is 0 Å². The van der Waals surface area contributed by atoms with Gasteiger partial charge in [0.1, 0.15) is 4.88 Å². The zero-order valence-electron chi connectivity index (χ0n) is 12.6. The van der Waals surface area contributed by atoms with Gasteiger partial charge in [0.15, 0.2) is 5.13 Å². The zero-order valence-corrected chi connectivity index (χ0v) is 14.2. The van der Waals surface area contributed by atoms with Crippen LogP contribution in [0, 0.1) is 0 Å². The largest absolute Gasteiger partial charge is 0.465 e. The van der Waals surface area contributed by atoms with E-state index in [1.54, 1.807) is 24.3 Å². The van der Waals surface area contributed by atoms with Gasteiger partial charge in [-0.2, -0.15) is 0 Å². The molecule has 120 valence electrons. The van der Waals surface area contributed by atoms with Crippen molar-refractivity contribution in [2.75, 3.05) is 12.4 Å². The van der Waals surface area contributed by atoms with Crippen molar-refractivity contribution in [2.45, 2.75) is 13.3 Å². The van der Waals surface area contributed by atoms with E-state index < -0.39 is 5.97 Å². The van der Waals surface area contributed by atoms with E-state index in [9.17, 15) is 9.59 Å². The lowest BCUT2D eigenvalue weighted by Gasteiger charge is -1.96. The third kappa shape index (κ3) is 4.64. The minimum absolute atomic E-state index is 0.335. The number of thiazole rings is 1. The lowest BCUT2D eigenvalue weighted by atomic mass is 10.2. The molecule has 1 aromatic heterocycles. The van der Waals surface area contributed by atoms with E-state index in [4.69, 9.17) is 16.3 Å². The highest BCUT2D eigenvalue weighted by atomic mass is 35.5. The molecule has 0 fully saturated rings. The van der Waals surface area contributed by atoms with E-state index in [2.05, 4.69) is 10.3 Å². The summed E-state index contributed by atoms with van der Waals surface area (Å²) in [6.45, 7) is 1.88. The molecule has 0 bridgehead atoms. The number of carbonyl (C=O) groups excluding carboxylic acids is 2. The van der Waals surface area contributed by atoms with E-state index in [-0.39, 0.29) is 5.91 Å². The van der Waals surface area contributed by atoms with Crippen LogP contribution in [0.25, 0.3) is 6.08 Å². The smallest absolute Gasteiger partial charge is 0.350 e. The van der Waals surface area contributed by atoms with Crippen molar-refractivity contribution < 1.29 is 14.3 Å². The molecule has 0 unspecified atom stereocenters. The van der Waals surface area contributed by atoms with E-state index in [0.717, 1.165) is 16.9 Å². The minimum atomic E-state index is -0.450. The second kappa shape index (κ2) is 7.89. The Balaban J connectivity index is 2.08. The van der Waals surface area contributed by atoms with Crippen LogP contribution in [0.15, 0.2) is 30.3 Å². The molecule has 0 saturated carbocycles. The van der Waals surface area contributed by atoms with Crippen molar-refractivity contribution in [3.63, 3.8) is 0 Å². The summed E-state index contributed by atoms with van der Waals surface area (Å²) in [4.78, 5) is 28.2. The van der Waals surface area contributed by atoms with Crippen LogP contribution in [0.1, 0.15) is 27.9 Å². The van der Waals surface area contributed by atoms with Gasteiger partial charge in [-0.3, -0.25) is 10.1 Å². The Labute approximate surface area is 143 Å². The maximum atomic E-state index is 11.9. The molecule has 2 rings (SSSR count). The van der Waals surface area contributed by atoms with E-state index in [0.29, 0.717) is 27.1 Å². The second-order valence-electron chi connectivity index (χ2n) is 4.52. The van der Waals surface area contributed by atoms with Crippen molar-refractivity contribution in [2.24, 2.45) is 0 Å². The highest BCUT2D eigenvalue weighted by molar-refractivity contribution is 7.17. The van der Waals surface area contributed by atoms with Gasteiger partial charge < -0.3 is 4.74 Å². The summed E-state index contributed by atoms with van der Waals surface area (Å²) in [5.41, 5.74) is 1.42. The number of anilines is 1. The lowest BCUT2D eigenvalue weighted by molar-refractivity contribution is -0.111. The number of hydrogen-bond acceptors (Lipinski definition) is 5. The number of amides is 1. The fourth-order valence-electron chi connectivity index (χ4n) is 1.83. The SMILES string of the molecule is CCc1nc(NC(=O)C=Cc2cccc(Cl)c2)sc1C(=O)OC. The number of methoxy groups -OCH3 is 1. The number of esters is 1. The van der Waals surface area contributed by atoms with Crippen molar-refractivity contribution in [1.82, 2.24) is 4.98 Å². The number of aromatic nitrogens is 1. The molecule has 1 heterocycles. The van der Waals surface area contributed by atoms with Crippen molar-refractivity contribution >= 4 is 46.0 Å². The first-order chi connectivity index (χ1) is 11.0. The zero-order chi connectivity index (χ0) is 16.8. The molecule has 1 aromatic carbocycles. The molecule has 2 aromatic rings. The van der Waals surface area contributed by atoms with Crippen molar-refractivity contribution in [1.29, 1.82) is 0 Å². The Morgan fingerprint density at radius 1 is 1.43 bits per heavy atom. The summed E-state index contributed by atoms with van der Waals surface area (Å²) in [6, 6.07) is 7.15. The van der Waals surface area contributed by atoms with Crippen LogP contribution in [0.3, 0.4) is 0 Å². The molecule has 5 nitrogen and oxygen atoms in total. The Bertz CT molecular complexity index is 756. The Hall–Kier alpha value is -2.18. The lowest BCUT2D eigenvalue weighted by Crippen LogP contribution is -2.07. The molecule has 0 aliphatic carbocycles. The monoisotopic (exact) mass is 350 g/mol. The van der Waals surface area contributed by atoms with Gasteiger partial charge >= 0.3 is 5.97 Å². The maximum absolute atomic E-state index is 11.9. The summed E-state index contributed by atoms with van der Waals surface area (Å²) in [7, 11) is 1.31. The molecule has 7 heteroatoms. The fraction of sp³-hybridized carbons (Fsp3) is 0.188. The molecule has 0 aliphatic rings. The molecule has 23 heavy (non-hydrogen) atoms. The first kappa shape index (κ1) is 17.2. The predicted octanol–water partition coefficient (Wildman–Crippen LogP) is 3.80. The van der Waals surface area contributed by atoms with Crippen molar-refractivity contribution in [3.05, 3.63) is 51.5 Å². The number of rotatable bonds is 5. The summed E-state index contributed by atoms with van der Waals surface area (Å²) in [5, 5.41) is 3.61. The molecular formula is C16H15ClN2O3S. The first-order valence-corrected chi connectivity index (χ1v) is 8.05. The van der Waals surface area contributed by atoms with Crippen LogP contribution >= 0.6 is 22.9 Å². The number of nitrogens with one attached hydrogen (secondary N) is 1. The van der Waals surface area contributed by atoms with Gasteiger partial charge in [0, 0.05) is 11.1 Å². The highest BCUT2D eigenvalue weighted by Gasteiger charge is 2.18. The molecule has 1 N–H and O–H groups in total. The maximum Gasteiger partial charge on any atom is 0.350 e. The van der Waals surface area contributed by atoms with E-state index in [1.807, 2.05) is 13.0 Å². The topological polar surface area (TPSA) is 68.3 Å². The summed E-state index contributed by atoms with van der Waals surface area (Å²) in [5.74, 6) is -0.785. The molecular weight excluding hydrogens is 336 g/mol. The summed E-state index contributed by atoms with van der Waals surface area (Å²) in [6.07, 6.45) is 3.61. The number of halogens is 1. The number of nitrogens with zero attached hydrogens (tertiary/aromatic N) is 1. The number of ether oxygens (including phenoxy) is 1. The fourth-order valence-corrected chi connectivity index (χ4v) is 3.00. The van der Waals surface area contributed by atoms with Crippen molar-refractivity contribution in [3.8, 4) is 0 Å². The van der Waals surface area contributed by atoms with Crippen LogP contribution in [-0.2, 0) is 16.0 Å². The van der Waals surface area contributed by atoms with Crippen LogP contribution in [0.5, 0.6) is 0 Å². The second-order valence-corrected chi connectivity index (χ2v) is 5.95. The average Bonchev–Trinajstić information content (AvgIpc) is 2.95. The molecule has 0 aliphatic heterocycles. The molecule has 1 amide bonds. The third-order valence-electron chi connectivity index (χ3n) is 2.91. The van der Waals surface area contributed by atoms with Gasteiger partial charge in [-0.1, -0.05) is 42.0 Å². The summed E-state index contributed by atoms with van der Waals surface area (Å²) < 4.78 is 4.71. The van der Waals surface area contributed by atoms with Crippen LogP contribution < -0.4 is 5.32 Å². The molecule has 0 radical (unpaired) electrons. The Morgan fingerprint density at radius 3 is 2.87 bits per heavy atom. The van der Waals surface area contributed by atoms with Crippen LogP contribution in [0.2, 0.25) is 5.02 Å². The third-order valence-corrected chi connectivity index (χ3v) is 4.14. The van der Waals surface area contributed by atoms with Gasteiger partial charge in [-0.15, -0.1) is 0 Å². The minimum Gasteiger partial charge on any atom is -0.465 e. The average molecular weight is 351 g/mol. The van der Waals surface area contributed by atoms with Crippen LogP contribution in [-0.4, -0.2) is 24.0 Å². The normalized spacial score (nSPS) is 10.7. The van der Waals surface area contributed by atoms with Gasteiger partial charge in [-0.05, 0) is 30.2 Å². The van der Waals surface area contributed by atoms with Gasteiger partial charge in [0.05, 0.1) is 12.8 Å². The van der Waals surface area contributed by atoms with Gasteiger partial charge in [-0.25, -0.2) is 9.78 Å². The predicted molar refractivity (Wildman–Crippen MR) is 91.9 cm³/mol. The molecule has 0 atom stereocenters. The Morgan fingerprint density at radius 2 is 2.22 bits per heavy atom. The van der Waals surface area contributed by atoms with Gasteiger partial charge in [0.2, 0.25) is 5.91 Å². The van der Waals surface area contributed by atoms with E-state index >= 15 is 0 Å². The number of hydrogen-bond donors (Lipinski definition) is 1. The number of aryl methyl sites for hydroxylation is 1. The first-order valence-electron chi connectivity index (χ1n) is 6.86. The quantitative estimate of drug-likeness (QED) is 0.658. The highest BCUT2D eigenvalue weighted by Crippen LogP contribution is 2.24. The molecule has 0 saturated heterocycles.